The summed E-state index contributed by atoms with van der Waals surface area (Å²) in [7, 11) is 1.58. The molecule has 0 aliphatic carbocycles. The molecule has 1 aromatic carbocycles. The lowest BCUT2D eigenvalue weighted by molar-refractivity contribution is 0.112. The highest BCUT2D eigenvalue weighted by Crippen LogP contribution is 2.20. The van der Waals surface area contributed by atoms with Gasteiger partial charge in [-0.15, -0.1) is 0 Å². The van der Waals surface area contributed by atoms with Crippen LogP contribution in [-0.4, -0.2) is 18.4 Å². The summed E-state index contributed by atoms with van der Waals surface area (Å²) in [6.07, 6.45) is 2.56. The third-order valence-electron chi connectivity index (χ3n) is 2.30. The predicted octanol–water partition coefficient (Wildman–Crippen LogP) is 2.57. The van der Waals surface area contributed by atoms with Crippen LogP contribution in [0.1, 0.15) is 10.4 Å². The lowest BCUT2D eigenvalue weighted by atomic mass is 10.1. The van der Waals surface area contributed by atoms with Crippen LogP contribution in [0, 0.1) is 0 Å². The first-order valence-electron chi connectivity index (χ1n) is 4.89. The molecule has 2 aromatic rings. The largest absolute Gasteiger partial charge is 0.481 e. The van der Waals surface area contributed by atoms with E-state index in [4.69, 9.17) is 4.74 Å². The molecule has 0 radical (unpaired) electrons. The zero-order valence-corrected chi connectivity index (χ0v) is 8.88. The minimum atomic E-state index is 0.579. The van der Waals surface area contributed by atoms with Crippen LogP contribution >= 0.6 is 0 Å². The fourth-order valence-electron chi connectivity index (χ4n) is 1.46. The average molecular weight is 213 g/mol. The van der Waals surface area contributed by atoms with E-state index in [-0.39, 0.29) is 0 Å². The number of nitrogens with zero attached hydrogens (tertiary/aromatic N) is 1. The van der Waals surface area contributed by atoms with Crippen molar-refractivity contribution in [1.29, 1.82) is 0 Å². The topological polar surface area (TPSA) is 39.2 Å². The van der Waals surface area contributed by atoms with Crippen LogP contribution in [0.4, 0.5) is 0 Å². The number of carbonyl (C=O) groups is 1. The number of carbonyl (C=O) groups excluding carboxylic acids is 1. The monoisotopic (exact) mass is 213 g/mol. The van der Waals surface area contributed by atoms with Crippen molar-refractivity contribution in [2.75, 3.05) is 7.11 Å². The molecule has 3 nitrogen and oxygen atoms in total. The lowest BCUT2D eigenvalue weighted by Gasteiger charge is -2.03. The highest BCUT2D eigenvalue weighted by molar-refractivity contribution is 5.78. The first-order valence-corrected chi connectivity index (χ1v) is 4.89. The van der Waals surface area contributed by atoms with Crippen molar-refractivity contribution in [3.05, 3.63) is 48.2 Å². The Labute approximate surface area is 93.7 Å². The molecule has 80 valence electrons. The second-order valence-corrected chi connectivity index (χ2v) is 3.33. The number of aldehydes is 1. The van der Waals surface area contributed by atoms with Gasteiger partial charge in [0.25, 0.3) is 0 Å². The maximum Gasteiger partial charge on any atom is 0.212 e. The summed E-state index contributed by atoms with van der Waals surface area (Å²) in [6.45, 7) is 0. The zero-order chi connectivity index (χ0) is 11.4. The van der Waals surface area contributed by atoms with E-state index in [1.807, 2.05) is 24.3 Å². The van der Waals surface area contributed by atoms with Gasteiger partial charge in [-0.05, 0) is 17.7 Å². The molecule has 3 heteroatoms. The van der Waals surface area contributed by atoms with E-state index in [9.17, 15) is 4.79 Å². The molecular formula is C13H11NO2. The lowest BCUT2D eigenvalue weighted by Crippen LogP contribution is -1.88. The quantitative estimate of drug-likeness (QED) is 0.735. The smallest absolute Gasteiger partial charge is 0.212 e. The summed E-state index contributed by atoms with van der Waals surface area (Å²) in [4.78, 5) is 14.8. The van der Waals surface area contributed by atoms with Gasteiger partial charge in [-0.2, -0.15) is 0 Å². The molecule has 0 bridgehead atoms. The molecule has 0 unspecified atom stereocenters. The molecule has 0 saturated carbocycles. The Morgan fingerprint density at radius 3 is 2.69 bits per heavy atom. The Morgan fingerprint density at radius 2 is 2.06 bits per heavy atom. The molecule has 0 N–H and O–H groups in total. The summed E-state index contributed by atoms with van der Waals surface area (Å²) >= 11 is 0. The number of rotatable bonds is 3. The normalized spacial score (nSPS) is 9.81. The van der Waals surface area contributed by atoms with Gasteiger partial charge in [-0.25, -0.2) is 4.98 Å². The first-order chi connectivity index (χ1) is 7.83. The third-order valence-corrected chi connectivity index (χ3v) is 2.30. The van der Waals surface area contributed by atoms with Crippen LogP contribution in [0.15, 0.2) is 42.6 Å². The Morgan fingerprint density at radius 1 is 1.19 bits per heavy atom. The highest BCUT2D eigenvalue weighted by Gasteiger charge is 2.00. The van der Waals surface area contributed by atoms with Crippen molar-refractivity contribution in [3.63, 3.8) is 0 Å². The van der Waals surface area contributed by atoms with E-state index in [1.165, 1.54) is 0 Å². The molecule has 0 atom stereocenters. The second-order valence-electron chi connectivity index (χ2n) is 3.33. The SMILES string of the molecule is COc1ccc(-c2cccc(C=O)c2)cn1. The summed E-state index contributed by atoms with van der Waals surface area (Å²) in [6, 6.07) is 11.1. The van der Waals surface area contributed by atoms with Gasteiger partial charge < -0.3 is 4.74 Å². The molecular weight excluding hydrogens is 202 g/mol. The number of methoxy groups -OCH3 is 1. The van der Waals surface area contributed by atoms with Crippen molar-refractivity contribution >= 4 is 6.29 Å². The number of pyridine rings is 1. The number of hydrogen-bond acceptors (Lipinski definition) is 3. The molecule has 0 aliphatic heterocycles. The predicted molar refractivity (Wildman–Crippen MR) is 61.6 cm³/mol. The van der Waals surface area contributed by atoms with Gasteiger partial charge >= 0.3 is 0 Å². The Bertz CT molecular complexity index is 492. The standard InChI is InChI=1S/C13H11NO2/c1-16-13-6-5-12(8-14-13)11-4-2-3-10(7-11)9-15/h2-9H,1H3. The van der Waals surface area contributed by atoms with E-state index in [0.717, 1.165) is 17.4 Å². The minimum absolute atomic E-state index is 0.579. The van der Waals surface area contributed by atoms with Crippen LogP contribution in [0.2, 0.25) is 0 Å². The minimum Gasteiger partial charge on any atom is -0.481 e. The van der Waals surface area contributed by atoms with Crippen LogP contribution in [-0.2, 0) is 0 Å². The molecule has 0 amide bonds. The Kier molecular flexibility index (Phi) is 2.96. The van der Waals surface area contributed by atoms with E-state index in [0.29, 0.717) is 11.4 Å². The summed E-state index contributed by atoms with van der Waals surface area (Å²) in [5.74, 6) is 0.579. The van der Waals surface area contributed by atoms with E-state index >= 15 is 0 Å². The van der Waals surface area contributed by atoms with Gasteiger partial charge in [0.05, 0.1) is 7.11 Å². The fraction of sp³-hybridized carbons (Fsp3) is 0.0769. The highest BCUT2D eigenvalue weighted by atomic mass is 16.5. The Balaban J connectivity index is 2.38. The summed E-state index contributed by atoms with van der Waals surface area (Å²) < 4.78 is 4.98. The van der Waals surface area contributed by atoms with Crippen LogP contribution < -0.4 is 4.74 Å². The molecule has 1 heterocycles. The van der Waals surface area contributed by atoms with Gasteiger partial charge in [0.15, 0.2) is 0 Å². The van der Waals surface area contributed by atoms with Crippen molar-refractivity contribution < 1.29 is 9.53 Å². The van der Waals surface area contributed by atoms with E-state index < -0.39 is 0 Å². The first kappa shape index (κ1) is 10.4. The number of ether oxygens (including phenoxy) is 1. The molecule has 2 rings (SSSR count). The molecule has 16 heavy (non-hydrogen) atoms. The number of hydrogen-bond donors (Lipinski definition) is 0. The van der Waals surface area contributed by atoms with Gasteiger partial charge in [0.2, 0.25) is 5.88 Å². The van der Waals surface area contributed by atoms with E-state index in [2.05, 4.69) is 4.98 Å². The van der Waals surface area contributed by atoms with Crippen molar-refractivity contribution in [1.82, 2.24) is 4.98 Å². The molecule has 0 aliphatic rings. The average Bonchev–Trinajstić information content (AvgIpc) is 2.39. The molecule has 0 spiro atoms. The maximum atomic E-state index is 10.7. The van der Waals surface area contributed by atoms with Crippen LogP contribution in [0.3, 0.4) is 0 Å². The van der Waals surface area contributed by atoms with E-state index in [1.54, 1.807) is 25.4 Å². The maximum absolute atomic E-state index is 10.7. The van der Waals surface area contributed by atoms with Crippen LogP contribution in [0.5, 0.6) is 5.88 Å². The second kappa shape index (κ2) is 4.57. The molecule has 0 fully saturated rings. The Hall–Kier alpha value is -2.16. The van der Waals surface area contributed by atoms with Gasteiger partial charge in [0.1, 0.15) is 6.29 Å². The van der Waals surface area contributed by atoms with Crippen molar-refractivity contribution in [3.8, 4) is 17.0 Å². The van der Waals surface area contributed by atoms with Crippen molar-refractivity contribution in [2.24, 2.45) is 0 Å². The van der Waals surface area contributed by atoms with Crippen molar-refractivity contribution in [2.45, 2.75) is 0 Å². The van der Waals surface area contributed by atoms with Crippen LogP contribution in [0.25, 0.3) is 11.1 Å². The summed E-state index contributed by atoms with van der Waals surface area (Å²) in [5, 5.41) is 0. The molecule has 0 saturated heterocycles. The van der Waals surface area contributed by atoms with Gasteiger partial charge in [-0.3, -0.25) is 4.79 Å². The zero-order valence-electron chi connectivity index (χ0n) is 8.88. The third kappa shape index (κ3) is 2.08. The fourth-order valence-corrected chi connectivity index (χ4v) is 1.46. The van der Waals surface area contributed by atoms with Gasteiger partial charge in [0, 0.05) is 23.4 Å². The van der Waals surface area contributed by atoms with Gasteiger partial charge in [-0.1, -0.05) is 18.2 Å². The molecule has 1 aromatic heterocycles. The summed E-state index contributed by atoms with van der Waals surface area (Å²) in [5.41, 5.74) is 2.59. The number of benzene rings is 1. The number of aromatic nitrogens is 1.